The predicted octanol–water partition coefficient (Wildman–Crippen LogP) is 4.38. The quantitative estimate of drug-likeness (QED) is 0.435. The molecule has 4 rings (SSSR count). The van der Waals surface area contributed by atoms with E-state index < -0.39 is 17.7 Å². The summed E-state index contributed by atoms with van der Waals surface area (Å²) in [5.41, 5.74) is 2.87. The molecule has 2 aliphatic rings. The number of hydrogen-bond donors (Lipinski definition) is 2. The number of aliphatic hydroxyl groups excluding tert-OH is 1. The van der Waals surface area contributed by atoms with E-state index in [4.69, 9.17) is 4.74 Å². The second kappa shape index (κ2) is 8.10. The van der Waals surface area contributed by atoms with Crippen molar-refractivity contribution in [3.05, 3.63) is 64.2 Å². The molecule has 1 saturated carbocycles. The molecule has 1 aliphatic carbocycles. The molecule has 162 valence electrons. The van der Waals surface area contributed by atoms with Crippen LogP contribution >= 0.6 is 0 Å². The summed E-state index contributed by atoms with van der Waals surface area (Å²) in [5, 5.41) is 21.1. The summed E-state index contributed by atoms with van der Waals surface area (Å²) in [6.45, 7) is 3.77. The molecule has 0 spiro atoms. The van der Waals surface area contributed by atoms with E-state index in [0.29, 0.717) is 16.9 Å². The number of aryl methyl sites for hydroxylation is 2. The van der Waals surface area contributed by atoms with Gasteiger partial charge in [0.1, 0.15) is 17.3 Å². The molecule has 1 aliphatic heterocycles. The summed E-state index contributed by atoms with van der Waals surface area (Å²) >= 11 is 0. The summed E-state index contributed by atoms with van der Waals surface area (Å²) in [4.78, 5) is 28.0. The second-order valence-electron chi connectivity index (χ2n) is 8.40. The lowest BCUT2D eigenvalue weighted by Crippen LogP contribution is -2.37. The molecule has 2 aromatic rings. The molecule has 0 bridgehead atoms. The fourth-order valence-corrected chi connectivity index (χ4v) is 4.94. The van der Waals surface area contributed by atoms with E-state index in [1.54, 1.807) is 23.1 Å². The van der Waals surface area contributed by atoms with Crippen LogP contribution in [-0.2, 0) is 9.59 Å². The van der Waals surface area contributed by atoms with Gasteiger partial charge in [0.15, 0.2) is 0 Å². The van der Waals surface area contributed by atoms with Gasteiger partial charge in [-0.2, -0.15) is 0 Å². The van der Waals surface area contributed by atoms with E-state index in [1.165, 1.54) is 19.2 Å². The van der Waals surface area contributed by atoms with Gasteiger partial charge in [-0.3, -0.25) is 9.59 Å². The molecule has 31 heavy (non-hydrogen) atoms. The maximum absolute atomic E-state index is 13.2. The van der Waals surface area contributed by atoms with Gasteiger partial charge < -0.3 is 19.8 Å². The maximum atomic E-state index is 13.2. The van der Waals surface area contributed by atoms with Gasteiger partial charge in [-0.1, -0.05) is 31.0 Å². The second-order valence-corrected chi connectivity index (χ2v) is 8.40. The van der Waals surface area contributed by atoms with Crippen molar-refractivity contribution in [2.45, 2.75) is 51.6 Å². The number of methoxy groups -OCH3 is 1. The van der Waals surface area contributed by atoms with Crippen molar-refractivity contribution in [1.82, 2.24) is 4.90 Å². The van der Waals surface area contributed by atoms with Crippen molar-refractivity contribution in [3.8, 4) is 11.5 Å². The zero-order chi connectivity index (χ0) is 22.3. The third-order valence-corrected chi connectivity index (χ3v) is 6.29. The average molecular weight is 421 g/mol. The molecule has 0 aromatic heterocycles. The van der Waals surface area contributed by atoms with Crippen LogP contribution in [0.4, 0.5) is 0 Å². The number of phenolic OH excluding ortho intramolecular Hbond substituents is 1. The number of ether oxygens (including phenoxy) is 1. The van der Waals surface area contributed by atoms with Crippen molar-refractivity contribution in [1.29, 1.82) is 0 Å². The summed E-state index contributed by atoms with van der Waals surface area (Å²) < 4.78 is 5.52. The van der Waals surface area contributed by atoms with Crippen LogP contribution in [0.25, 0.3) is 5.76 Å². The minimum atomic E-state index is -0.714. The largest absolute Gasteiger partial charge is 0.508 e. The minimum Gasteiger partial charge on any atom is -0.508 e. The van der Waals surface area contributed by atoms with Gasteiger partial charge in [0.2, 0.25) is 0 Å². The van der Waals surface area contributed by atoms with Crippen LogP contribution < -0.4 is 4.74 Å². The molecular weight excluding hydrogens is 394 g/mol. The van der Waals surface area contributed by atoms with Crippen molar-refractivity contribution in [3.63, 3.8) is 0 Å². The standard InChI is InChI=1S/C25H27NO5/c1-14-12-15(2)24(31-3)19(13-14)22(28)20-21(16-8-10-18(27)11-9-16)26(25(30)23(20)29)17-6-4-5-7-17/h8-13,17,21,27-28H,4-7H2,1-3H3/b22-20+. The minimum absolute atomic E-state index is 0.0540. The van der Waals surface area contributed by atoms with E-state index in [2.05, 4.69) is 0 Å². The Morgan fingerprint density at radius 3 is 2.32 bits per heavy atom. The van der Waals surface area contributed by atoms with E-state index in [0.717, 1.165) is 36.8 Å². The van der Waals surface area contributed by atoms with Gasteiger partial charge in [-0.15, -0.1) is 0 Å². The lowest BCUT2D eigenvalue weighted by atomic mass is 9.93. The number of benzene rings is 2. The third-order valence-electron chi connectivity index (χ3n) is 6.29. The number of amides is 1. The normalized spacial score (nSPS) is 21.1. The average Bonchev–Trinajstić information content (AvgIpc) is 3.35. The van der Waals surface area contributed by atoms with Gasteiger partial charge in [-0.05, 0) is 61.6 Å². The predicted molar refractivity (Wildman–Crippen MR) is 117 cm³/mol. The smallest absolute Gasteiger partial charge is 0.295 e. The van der Waals surface area contributed by atoms with Crippen LogP contribution in [0.5, 0.6) is 11.5 Å². The van der Waals surface area contributed by atoms with Crippen LogP contribution in [0.1, 0.15) is 54.0 Å². The zero-order valence-corrected chi connectivity index (χ0v) is 18.0. The molecule has 1 saturated heterocycles. The molecule has 1 heterocycles. The van der Waals surface area contributed by atoms with Crippen LogP contribution in [0.3, 0.4) is 0 Å². The van der Waals surface area contributed by atoms with Crippen molar-refractivity contribution in [2.24, 2.45) is 0 Å². The highest BCUT2D eigenvalue weighted by Gasteiger charge is 2.49. The Morgan fingerprint density at radius 1 is 1.06 bits per heavy atom. The SMILES string of the molecule is COc1c(C)cc(C)cc1/C(O)=C1\C(=O)C(=O)N(C2CCCC2)C1c1ccc(O)cc1. The molecule has 1 amide bonds. The molecule has 2 aromatic carbocycles. The Bertz CT molecular complexity index is 1060. The van der Waals surface area contributed by atoms with Crippen LogP contribution in [0, 0.1) is 13.8 Å². The number of Topliss-reactive ketones (excluding diaryl/α,β-unsaturated/α-hetero) is 1. The number of phenols is 1. The highest BCUT2D eigenvalue weighted by atomic mass is 16.5. The lowest BCUT2D eigenvalue weighted by molar-refractivity contribution is -0.141. The first-order chi connectivity index (χ1) is 14.8. The molecule has 6 heteroatoms. The number of hydrogen-bond acceptors (Lipinski definition) is 5. The van der Waals surface area contributed by atoms with Gasteiger partial charge in [-0.25, -0.2) is 0 Å². The van der Waals surface area contributed by atoms with Crippen molar-refractivity contribution >= 4 is 17.4 Å². The number of rotatable bonds is 4. The van der Waals surface area contributed by atoms with Crippen LogP contribution in [-0.4, -0.2) is 40.0 Å². The zero-order valence-electron chi connectivity index (χ0n) is 18.0. The fourth-order valence-electron chi connectivity index (χ4n) is 4.94. The van der Waals surface area contributed by atoms with Gasteiger partial charge >= 0.3 is 0 Å². The fraction of sp³-hybridized carbons (Fsp3) is 0.360. The number of nitrogens with zero attached hydrogens (tertiary/aromatic N) is 1. The Labute approximate surface area is 181 Å². The van der Waals surface area contributed by atoms with E-state index in [9.17, 15) is 19.8 Å². The third kappa shape index (κ3) is 3.56. The van der Waals surface area contributed by atoms with Crippen molar-refractivity contribution in [2.75, 3.05) is 7.11 Å². The molecule has 6 nitrogen and oxygen atoms in total. The number of aromatic hydroxyl groups is 1. The van der Waals surface area contributed by atoms with Gasteiger partial charge in [0.25, 0.3) is 11.7 Å². The van der Waals surface area contributed by atoms with E-state index >= 15 is 0 Å². The van der Waals surface area contributed by atoms with E-state index in [-0.39, 0.29) is 23.1 Å². The van der Waals surface area contributed by atoms with Crippen LogP contribution in [0.2, 0.25) is 0 Å². The molecule has 1 atom stereocenters. The summed E-state index contributed by atoms with van der Waals surface area (Å²) in [7, 11) is 1.52. The Hall–Kier alpha value is -3.28. The summed E-state index contributed by atoms with van der Waals surface area (Å²) in [6.07, 6.45) is 3.66. The lowest BCUT2D eigenvalue weighted by Gasteiger charge is -2.30. The number of carbonyl (C=O) groups is 2. The molecular formula is C25H27NO5. The summed E-state index contributed by atoms with van der Waals surface area (Å²) in [6, 6.07) is 9.38. The maximum Gasteiger partial charge on any atom is 0.295 e. The Balaban J connectivity index is 1.95. The van der Waals surface area contributed by atoms with Crippen molar-refractivity contribution < 1.29 is 24.5 Å². The number of carbonyl (C=O) groups excluding carboxylic acids is 2. The van der Waals surface area contributed by atoms with Gasteiger partial charge in [0, 0.05) is 6.04 Å². The summed E-state index contributed by atoms with van der Waals surface area (Å²) in [5.74, 6) is -0.948. The number of likely N-dealkylation sites (tertiary alicyclic amines) is 1. The molecule has 2 fully saturated rings. The van der Waals surface area contributed by atoms with E-state index in [1.807, 2.05) is 19.9 Å². The molecule has 2 N–H and O–H groups in total. The molecule has 0 radical (unpaired) electrons. The van der Waals surface area contributed by atoms with Gasteiger partial charge in [0.05, 0.1) is 24.3 Å². The number of ketones is 1. The first-order valence-electron chi connectivity index (χ1n) is 10.6. The highest BCUT2D eigenvalue weighted by Crippen LogP contribution is 2.45. The Morgan fingerprint density at radius 2 is 1.71 bits per heavy atom. The first kappa shape index (κ1) is 21.0. The monoisotopic (exact) mass is 421 g/mol. The topological polar surface area (TPSA) is 87.1 Å². The highest BCUT2D eigenvalue weighted by molar-refractivity contribution is 6.46. The van der Waals surface area contributed by atoms with Crippen LogP contribution in [0.15, 0.2) is 42.0 Å². The first-order valence-corrected chi connectivity index (χ1v) is 10.6. The molecule has 1 unspecified atom stereocenters. The Kier molecular flexibility index (Phi) is 5.48. The number of aliphatic hydroxyl groups is 1.